The lowest BCUT2D eigenvalue weighted by Gasteiger charge is -2.29. The first-order valence-corrected chi connectivity index (χ1v) is 11.6. The summed E-state index contributed by atoms with van der Waals surface area (Å²) in [6.45, 7) is 8.67. The largest absolute Gasteiger partial charge is 0.497 e. The van der Waals surface area contributed by atoms with Crippen LogP contribution in [0.5, 0.6) is 5.75 Å². The van der Waals surface area contributed by atoms with Gasteiger partial charge < -0.3 is 9.84 Å². The van der Waals surface area contributed by atoms with Crippen LogP contribution in [-0.2, 0) is 17.4 Å². The van der Waals surface area contributed by atoms with Crippen molar-refractivity contribution in [1.82, 2.24) is 9.97 Å². The molecule has 0 radical (unpaired) electrons. The number of rotatable bonds is 2. The van der Waals surface area contributed by atoms with Gasteiger partial charge in [-0.05, 0) is 54.8 Å². The lowest BCUT2D eigenvalue weighted by Crippen LogP contribution is -2.23. The number of aliphatic hydroxyl groups excluding tert-OH is 1. The molecule has 0 saturated heterocycles. The number of fused-ring (bicyclic) bond motifs is 10. The molecule has 0 atom stereocenters. The van der Waals surface area contributed by atoms with Crippen molar-refractivity contribution in [3.05, 3.63) is 101 Å². The normalized spacial score (nSPS) is 15.4. The first-order valence-electron chi connectivity index (χ1n) is 11.6. The highest BCUT2D eigenvalue weighted by Gasteiger charge is 2.30. The summed E-state index contributed by atoms with van der Waals surface area (Å²) in [6, 6.07) is 25.1. The maximum atomic E-state index is 10.1. The predicted molar refractivity (Wildman–Crippen MR) is 136 cm³/mol. The molecule has 5 rings (SSSR count). The molecule has 0 aliphatic carbocycles. The topological polar surface area (TPSA) is 55.2 Å². The van der Waals surface area contributed by atoms with Crippen LogP contribution in [0.1, 0.15) is 55.8 Å². The minimum Gasteiger partial charge on any atom is -0.497 e. The maximum Gasteiger partial charge on any atom is 0.122 e. The highest BCUT2D eigenvalue weighted by molar-refractivity contribution is 5.66. The first-order chi connectivity index (χ1) is 16.2. The Morgan fingerprint density at radius 2 is 1.26 bits per heavy atom. The Labute approximate surface area is 201 Å². The molecule has 1 aliphatic heterocycles. The van der Waals surface area contributed by atoms with E-state index in [0.717, 1.165) is 45.2 Å². The smallest absolute Gasteiger partial charge is 0.122 e. The van der Waals surface area contributed by atoms with Crippen molar-refractivity contribution in [2.45, 2.75) is 45.1 Å². The van der Waals surface area contributed by atoms with Gasteiger partial charge in [-0.2, -0.15) is 0 Å². The van der Waals surface area contributed by atoms with Gasteiger partial charge >= 0.3 is 0 Å². The Morgan fingerprint density at radius 1 is 0.706 bits per heavy atom. The highest BCUT2D eigenvalue weighted by Crippen LogP contribution is 2.39. The molecule has 3 heterocycles. The van der Waals surface area contributed by atoms with Crippen molar-refractivity contribution >= 4 is 0 Å². The van der Waals surface area contributed by atoms with E-state index in [1.807, 2.05) is 24.3 Å². The number of aliphatic hydroxyl groups is 1. The fourth-order valence-electron chi connectivity index (χ4n) is 4.67. The van der Waals surface area contributed by atoms with E-state index in [4.69, 9.17) is 14.7 Å². The molecule has 0 fully saturated rings. The van der Waals surface area contributed by atoms with Gasteiger partial charge in [0.25, 0.3) is 0 Å². The highest BCUT2D eigenvalue weighted by atomic mass is 16.5. The third-order valence-electron chi connectivity index (χ3n) is 7.14. The molecule has 1 aliphatic rings. The van der Waals surface area contributed by atoms with Gasteiger partial charge in [-0.3, -0.25) is 9.97 Å². The SMILES string of the molecule is COc1cc2nc(c1)C(C)(C)c1cc(CO)cc(n1)-c1cccc(c1)C(C)(C)c1cccc-2c1. The summed E-state index contributed by atoms with van der Waals surface area (Å²) in [5.41, 5.74) is 8.03. The van der Waals surface area contributed by atoms with Crippen molar-refractivity contribution in [3.63, 3.8) is 0 Å². The van der Waals surface area contributed by atoms with Crippen molar-refractivity contribution in [1.29, 1.82) is 0 Å². The van der Waals surface area contributed by atoms with Crippen LogP contribution in [0.15, 0.2) is 72.8 Å². The lowest BCUT2D eigenvalue weighted by molar-refractivity contribution is 0.281. The zero-order chi connectivity index (χ0) is 24.1. The minimum absolute atomic E-state index is 0.0505. The predicted octanol–water partition coefficient (Wildman–Crippen LogP) is 6.28. The van der Waals surface area contributed by atoms with Gasteiger partial charge in [0.05, 0.1) is 36.5 Å². The zero-order valence-corrected chi connectivity index (χ0v) is 20.4. The number of benzene rings is 2. The van der Waals surface area contributed by atoms with E-state index in [-0.39, 0.29) is 12.0 Å². The molecule has 4 nitrogen and oxygen atoms in total. The molecule has 8 bridgehead atoms. The Morgan fingerprint density at radius 3 is 1.82 bits per heavy atom. The number of hydrogen-bond acceptors (Lipinski definition) is 4. The fraction of sp³-hybridized carbons (Fsp3) is 0.267. The van der Waals surface area contributed by atoms with Gasteiger partial charge in [0.1, 0.15) is 5.75 Å². The third kappa shape index (κ3) is 3.68. The Bertz CT molecular complexity index is 1290. The molecule has 0 saturated carbocycles. The van der Waals surface area contributed by atoms with Crippen LogP contribution < -0.4 is 4.74 Å². The van der Waals surface area contributed by atoms with Crippen molar-refractivity contribution < 1.29 is 9.84 Å². The van der Waals surface area contributed by atoms with Gasteiger partial charge in [0.2, 0.25) is 0 Å². The van der Waals surface area contributed by atoms with Crippen LogP contribution in [-0.4, -0.2) is 22.2 Å². The van der Waals surface area contributed by atoms with Crippen molar-refractivity contribution in [2.75, 3.05) is 7.11 Å². The first kappa shape index (κ1) is 22.3. The lowest BCUT2D eigenvalue weighted by atomic mass is 9.76. The maximum absolute atomic E-state index is 10.1. The molecule has 2 aromatic carbocycles. The summed E-state index contributed by atoms with van der Waals surface area (Å²) < 4.78 is 5.68. The van der Waals surface area contributed by atoms with Crippen LogP contribution in [0, 0.1) is 0 Å². The number of aromatic nitrogens is 2. The van der Waals surface area contributed by atoms with Crippen LogP contribution in [0.3, 0.4) is 0 Å². The molecular weight excluding hydrogens is 420 g/mol. The van der Waals surface area contributed by atoms with E-state index < -0.39 is 5.41 Å². The molecule has 1 N–H and O–H groups in total. The van der Waals surface area contributed by atoms with E-state index >= 15 is 0 Å². The second kappa shape index (κ2) is 8.07. The van der Waals surface area contributed by atoms with E-state index in [0.29, 0.717) is 0 Å². The third-order valence-corrected chi connectivity index (χ3v) is 7.14. The van der Waals surface area contributed by atoms with E-state index in [1.54, 1.807) is 7.11 Å². The van der Waals surface area contributed by atoms with Crippen LogP contribution in [0.4, 0.5) is 0 Å². The molecule has 4 heteroatoms. The van der Waals surface area contributed by atoms with Gasteiger partial charge in [-0.25, -0.2) is 0 Å². The molecular formula is C30H30N2O2. The fourth-order valence-corrected chi connectivity index (χ4v) is 4.67. The molecule has 0 amide bonds. The molecule has 0 unspecified atom stereocenters. The van der Waals surface area contributed by atoms with Crippen molar-refractivity contribution in [3.8, 4) is 28.3 Å². The number of ether oxygens (including phenoxy) is 1. The van der Waals surface area contributed by atoms with Gasteiger partial charge in [0, 0.05) is 34.1 Å². The molecule has 0 spiro atoms. The van der Waals surface area contributed by atoms with E-state index in [1.165, 1.54) is 11.1 Å². The second-order valence-electron chi connectivity index (χ2n) is 10.1. The standard InChI is InChI=1S/C30H30N2O2/c1-29(2)22-10-6-8-20(14-22)25-12-19(18-33)13-27(31-25)30(3,4)28-17-24(34-5)16-26(32-28)21-9-7-11-23(29)15-21/h6-17,33H,18H2,1-5H3. The zero-order valence-electron chi connectivity index (χ0n) is 20.4. The monoisotopic (exact) mass is 450 g/mol. The average molecular weight is 451 g/mol. The summed E-state index contributed by atoms with van der Waals surface area (Å²) in [5.74, 6) is 0.758. The summed E-state index contributed by atoms with van der Waals surface area (Å²) in [6.07, 6.45) is 0. The quantitative estimate of drug-likeness (QED) is 0.391. The molecule has 172 valence electrons. The number of pyridine rings is 2. The van der Waals surface area contributed by atoms with Crippen LogP contribution >= 0.6 is 0 Å². The summed E-state index contributed by atoms with van der Waals surface area (Å²) in [4.78, 5) is 10.2. The van der Waals surface area contributed by atoms with Gasteiger partial charge in [0.15, 0.2) is 0 Å². The van der Waals surface area contributed by atoms with Crippen molar-refractivity contribution in [2.24, 2.45) is 0 Å². The van der Waals surface area contributed by atoms with Gasteiger partial charge in [-0.15, -0.1) is 0 Å². The number of nitrogens with zero attached hydrogens (tertiary/aromatic N) is 2. The van der Waals surface area contributed by atoms with E-state index in [2.05, 4.69) is 76.2 Å². The number of hydrogen-bond donors (Lipinski definition) is 1. The second-order valence-corrected chi connectivity index (χ2v) is 10.1. The van der Waals surface area contributed by atoms with Gasteiger partial charge in [-0.1, -0.05) is 50.2 Å². The Balaban J connectivity index is 1.89. The molecule has 4 aromatic rings. The summed E-state index contributed by atoms with van der Waals surface area (Å²) in [5, 5.41) is 10.1. The van der Waals surface area contributed by atoms with Crippen LogP contribution in [0.2, 0.25) is 0 Å². The average Bonchev–Trinajstić information content (AvgIpc) is 2.87. The Hall–Kier alpha value is -3.50. The van der Waals surface area contributed by atoms with Crippen LogP contribution in [0.25, 0.3) is 22.5 Å². The number of methoxy groups -OCH3 is 1. The summed E-state index contributed by atoms with van der Waals surface area (Å²) >= 11 is 0. The molecule has 2 aromatic heterocycles. The Kier molecular flexibility index (Phi) is 5.29. The van der Waals surface area contributed by atoms with E-state index in [9.17, 15) is 5.11 Å². The summed E-state index contributed by atoms with van der Waals surface area (Å²) in [7, 11) is 1.68. The molecule has 34 heavy (non-hydrogen) atoms. The minimum atomic E-state index is -0.512.